The van der Waals surface area contributed by atoms with Crippen LogP contribution < -0.4 is 16.6 Å². The molecule has 1 fully saturated rings. The Hall–Kier alpha value is -1.57. The van der Waals surface area contributed by atoms with Crippen molar-refractivity contribution in [1.82, 2.24) is 9.97 Å². The zero-order valence-electron chi connectivity index (χ0n) is 12.0. The van der Waals surface area contributed by atoms with E-state index in [1.165, 1.54) is 6.07 Å². The van der Waals surface area contributed by atoms with Crippen LogP contribution in [0.4, 0.5) is 24.8 Å². The van der Waals surface area contributed by atoms with Crippen molar-refractivity contribution in [3.8, 4) is 0 Å². The molecule has 5 nitrogen and oxygen atoms in total. The third kappa shape index (κ3) is 3.55. The van der Waals surface area contributed by atoms with Crippen LogP contribution in [0.15, 0.2) is 6.07 Å². The van der Waals surface area contributed by atoms with E-state index >= 15 is 0 Å². The number of hydrogen-bond acceptors (Lipinski definition) is 5. The lowest BCUT2D eigenvalue weighted by Crippen LogP contribution is -2.26. The summed E-state index contributed by atoms with van der Waals surface area (Å²) in [4.78, 5) is 6.89. The normalized spacial score (nSPS) is 25.9. The first-order chi connectivity index (χ1) is 9.85. The van der Waals surface area contributed by atoms with Crippen LogP contribution in [0.1, 0.15) is 38.9 Å². The number of anilines is 2. The van der Waals surface area contributed by atoms with Crippen molar-refractivity contribution in [2.75, 3.05) is 10.7 Å². The van der Waals surface area contributed by atoms with Gasteiger partial charge in [0.25, 0.3) is 0 Å². The smallest absolute Gasteiger partial charge is 0.367 e. The number of rotatable bonds is 4. The van der Waals surface area contributed by atoms with Gasteiger partial charge in [-0.25, -0.2) is 15.8 Å². The van der Waals surface area contributed by atoms with Gasteiger partial charge in [-0.05, 0) is 24.7 Å². The summed E-state index contributed by atoms with van der Waals surface area (Å²) in [6.07, 6.45) is -1.52. The molecule has 1 aliphatic rings. The van der Waals surface area contributed by atoms with E-state index in [-0.39, 0.29) is 17.7 Å². The fourth-order valence-electron chi connectivity index (χ4n) is 2.94. The third-order valence-corrected chi connectivity index (χ3v) is 4.21. The molecule has 3 atom stereocenters. The second-order valence-electron chi connectivity index (χ2n) is 5.46. The van der Waals surface area contributed by atoms with Crippen LogP contribution in [-0.2, 0) is 6.18 Å². The minimum atomic E-state index is -4.60. The van der Waals surface area contributed by atoms with Crippen LogP contribution in [0, 0.1) is 11.8 Å². The maximum atomic E-state index is 12.8. The molecule has 0 aromatic carbocycles. The summed E-state index contributed by atoms with van der Waals surface area (Å²) in [5.41, 5.74) is 2.14. The van der Waals surface area contributed by atoms with Crippen molar-refractivity contribution < 1.29 is 13.2 Å². The number of aromatic nitrogens is 2. The fraction of sp³-hybridized carbons (Fsp3) is 0.692. The van der Waals surface area contributed by atoms with E-state index in [1.54, 1.807) is 0 Å². The summed E-state index contributed by atoms with van der Waals surface area (Å²) in [7, 11) is 0. The van der Waals surface area contributed by atoms with Gasteiger partial charge in [-0.3, -0.25) is 0 Å². The van der Waals surface area contributed by atoms with Gasteiger partial charge in [-0.15, -0.1) is 0 Å². The van der Waals surface area contributed by atoms with Crippen molar-refractivity contribution >= 4 is 11.6 Å². The highest BCUT2D eigenvalue weighted by molar-refractivity contribution is 5.48. The molecule has 0 aliphatic heterocycles. The standard InChI is InChI=1S/C13H20F3N5/c1-3-8-4-5-9(7(8)2)18-10-6-11(21-17)20-12(19-10)13(14,15)16/h6-9H,3-5,17H2,1-2H3,(H2,18,19,20,21). The summed E-state index contributed by atoms with van der Waals surface area (Å²) in [6, 6.07) is 1.51. The van der Waals surface area contributed by atoms with Gasteiger partial charge in [0.05, 0.1) is 0 Å². The van der Waals surface area contributed by atoms with E-state index in [9.17, 15) is 13.2 Å². The summed E-state index contributed by atoms with van der Waals surface area (Å²) in [6.45, 7) is 4.25. The monoisotopic (exact) mass is 303 g/mol. The second kappa shape index (κ2) is 6.05. The summed E-state index contributed by atoms with van der Waals surface area (Å²) < 4.78 is 38.3. The van der Waals surface area contributed by atoms with Crippen molar-refractivity contribution in [2.24, 2.45) is 17.7 Å². The molecule has 8 heteroatoms. The van der Waals surface area contributed by atoms with Gasteiger partial charge in [0.15, 0.2) is 0 Å². The lowest BCUT2D eigenvalue weighted by atomic mass is 9.93. The first-order valence-corrected chi connectivity index (χ1v) is 7.04. The number of hydrogen-bond donors (Lipinski definition) is 3. The Kier molecular flexibility index (Phi) is 4.55. The molecular formula is C13H20F3N5. The van der Waals surface area contributed by atoms with Gasteiger partial charge < -0.3 is 10.7 Å². The minimum Gasteiger partial charge on any atom is -0.367 e. The molecule has 2 rings (SSSR count). The lowest BCUT2D eigenvalue weighted by Gasteiger charge is -2.22. The van der Waals surface area contributed by atoms with Gasteiger partial charge in [0, 0.05) is 12.1 Å². The first-order valence-electron chi connectivity index (χ1n) is 7.04. The molecule has 1 heterocycles. The molecule has 0 saturated heterocycles. The lowest BCUT2D eigenvalue weighted by molar-refractivity contribution is -0.144. The molecule has 0 bridgehead atoms. The summed E-state index contributed by atoms with van der Waals surface area (Å²) in [5.74, 6) is 5.06. The zero-order valence-corrected chi connectivity index (χ0v) is 12.0. The SMILES string of the molecule is CCC1CCC(Nc2cc(NN)nc(C(F)(F)F)n2)C1C. The van der Waals surface area contributed by atoms with E-state index in [2.05, 4.69) is 34.6 Å². The molecule has 0 radical (unpaired) electrons. The Balaban J connectivity index is 2.20. The molecule has 1 saturated carbocycles. The molecule has 21 heavy (non-hydrogen) atoms. The number of halogens is 3. The molecule has 1 aromatic heterocycles. The Morgan fingerprint density at radius 1 is 1.29 bits per heavy atom. The molecule has 0 amide bonds. The van der Waals surface area contributed by atoms with Crippen LogP contribution >= 0.6 is 0 Å². The quantitative estimate of drug-likeness (QED) is 0.589. The highest BCUT2D eigenvalue weighted by atomic mass is 19.4. The van der Waals surface area contributed by atoms with E-state index in [4.69, 9.17) is 5.84 Å². The van der Waals surface area contributed by atoms with Crippen molar-refractivity contribution in [1.29, 1.82) is 0 Å². The Morgan fingerprint density at radius 2 is 1.95 bits per heavy atom. The number of alkyl halides is 3. The predicted molar refractivity (Wildman–Crippen MR) is 74.4 cm³/mol. The Labute approximate surface area is 121 Å². The number of nitrogens with zero attached hydrogens (tertiary/aromatic N) is 2. The Morgan fingerprint density at radius 3 is 2.48 bits per heavy atom. The third-order valence-electron chi connectivity index (χ3n) is 4.21. The van der Waals surface area contributed by atoms with Gasteiger partial charge in [0.2, 0.25) is 5.82 Å². The maximum Gasteiger partial charge on any atom is 0.451 e. The summed E-state index contributed by atoms with van der Waals surface area (Å²) in [5, 5.41) is 3.10. The van der Waals surface area contributed by atoms with Crippen LogP contribution in [-0.4, -0.2) is 16.0 Å². The van der Waals surface area contributed by atoms with Crippen molar-refractivity contribution in [3.05, 3.63) is 11.9 Å². The highest BCUT2D eigenvalue weighted by Gasteiger charge is 2.36. The number of hydrazine groups is 1. The molecule has 1 aromatic rings. The first kappa shape index (κ1) is 15.8. The number of nitrogens with one attached hydrogen (secondary N) is 2. The van der Waals surface area contributed by atoms with E-state index < -0.39 is 12.0 Å². The number of nitrogens with two attached hydrogens (primary N) is 1. The van der Waals surface area contributed by atoms with Crippen LogP contribution in [0.25, 0.3) is 0 Å². The van der Waals surface area contributed by atoms with E-state index in [0.29, 0.717) is 11.8 Å². The molecule has 118 valence electrons. The summed E-state index contributed by atoms with van der Waals surface area (Å²) >= 11 is 0. The minimum absolute atomic E-state index is 0.0579. The fourth-order valence-corrected chi connectivity index (χ4v) is 2.94. The largest absolute Gasteiger partial charge is 0.451 e. The predicted octanol–water partition coefficient (Wildman–Crippen LogP) is 3.02. The van der Waals surface area contributed by atoms with E-state index in [0.717, 1.165) is 19.3 Å². The topological polar surface area (TPSA) is 75.9 Å². The second-order valence-corrected chi connectivity index (χ2v) is 5.46. The number of nitrogen functional groups attached to an aromatic ring is 1. The van der Waals surface area contributed by atoms with Crippen molar-refractivity contribution in [2.45, 2.75) is 45.3 Å². The zero-order chi connectivity index (χ0) is 15.6. The molecule has 1 aliphatic carbocycles. The van der Waals surface area contributed by atoms with Gasteiger partial charge in [0.1, 0.15) is 11.6 Å². The van der Waals surface area contributed by atoms with Crippen LogP contribution in [0.5, 0.6) is 0 Å². The molecular weight excluding hydrogens is 283 g/mol. The van der Waals surface area contributed by atoms with Gasteiger partial charge in [-0.1, -0.05) is 20.3 Å². The molecule has 4 N–H and O–H groups in total. The Bertz CT molecular complexity index is 491. The van der Waals surface area contributed by atoms with Crippen LogP contribution in [0.3, 0.4) is 0 Å². The average Bonchev–Trinajstić information content (AvgIpc) is 2.78. The van der Waals surface area contributed by atoms with Gasteiger partial charge in [-0.2, -0.15) is 13.2 Å². The maximum absolute atomic E-state index is 12.8. The molecule has 0 spiro atoms. The van der Waals surface area contributed by atoms with E-state index in [1.807, 2.05) is 0 Å². The molecule has 3 unspecified atom stereocenters. The average molecular weight is 303 g/mol. The van der Waals surface area contributed by atoms with Crippen molar-refractivity contribution in [3.63, 3.8) is 0 Å². The van der Waals surface area contributed by atoms with Crippen LogP contribution in [0.2, 0.25) is 0 Å². The highest BCUT2D eigenvalue weighted by Crippen LogP contribution is 2.36. The van der Waals surface area contributed by atoms with Gasteiger partial charge >= 0.3 is 6.18 Å².